The molecule has 0 aliphatic heterocycles. The average molecular weight is 220 g/mol. The van der Waals surface area contributed by atoms with Gasteiger partial charge in [-0.15, -0.1) is 0 Å². The lowest BCUT2D eigenvalue weighted by Crippen LogP contribution is -1.88. The highest BCUT2D eigenvalue weighted by atomic mass is 14.1. The zero-order valence-corrected chi connectivity index (χ0v) is 10.1. The van der Waals surface area contributed by atoms with E-state index in [1.54, 1.807) is 0 Å². The third-order valence-corrected chi connectivity index (χ3v) is 2.86. The molecule has 0 aromatic heterocycles. The normalized spacial score (nSPS) is 9.94. The predicted molar refractivity (Wildman–Crippen MR) is 76.7 cm³/mol. The molecule has 0 aliphatic rings. The standard InChI is InChI=1S/C17H16/c1-4-14-9-5-6-11-16(14)17-12-8-7-10-15(17)13(2)3/h4-12H,1-2H2,3H3. The first-order valence-electron chi connectivity index (χ1n) is 5.71. The Kier molecular flexibility index (Phi) is 3.24. The first-order chi connectivity index (χ1) is 8.24. The van der Waals surface area contributed by atoms with Crippen molar-refractivity contribution >= 4 is 11.6 Å². The Morgan fingerprint density at radius 2 is 1.53 bits per heavy atom. The van der Waals surface area contributed by atoms with Gasteiger partial charge in [-0.25, -0.2) is 0 Å². The maximum absolute atomic E-state index is 4.04. The van der Waals surface area contributed by atoms with Gasteiger partial charge in [-0.2, -0.15) is 0 Å². The molecule has 2 rings (SSSR count). The van der Waals surface area contributed by atoms with Gasteiger partial charge in [0.1, 0.15) is 0 Å². The van der Waals surface area contributed by atoms with E-state index in [0.29, 0.717) is 0 Å². The van der Waals surface area contributed by atoms with Crippen LogP contribution in [0.15, 0.2) is 61.7 Å². The van der Waals surface area contributed by atoms with Gasteiger partial charge in [-0.1, -0.05) is 73.3 Å². The quantitative estimate of drug-likeness (QED) is 0.680. The van der Waals surface area contributed by atoms with E-state index in [1.165, 1.54) is 16.7 Å². The van der Waals surface area contributed by atoms with Gasteiger partial charge in [0.25, 0.3) is 0 Å². The minimum absolute atomic E-state index is 1.08. The van der Waals surface area contributed by atoms with E-state index < -0.39 is 0 Å². The molecule has 0 aliphatic carbocycles. The fraction of sp³-hybridized carbons (Fsp3) is 0.0588. The van der Waals surface area contributed by atoms with Gasteiger partial charge >= 0.3 is 0 Å². The molecule has 0 saturated heterocycles. The lowest BCUT2D eigenvalue weighted by Gasteiger charge is -2.11. The summed E-state index contributed by atoms with van der Waals surface area (Å²) in [4.78, 5) is 0. The van der Waals surface area contributed by atoms with Crippen LogP contribution in [0.25, 0.3) is 22.8 Å². The average Bonchev–Trinajstić information content (AvgIpc) is 2.38. The van der Waals surface area contributed by atoms with Crippen molar-refractivity contribution in [3.63, 3.8) is 0 Å². The zero-order chi connectivity index (χ0) is 12.3. The monoisotopic (exact) mass is 220 g/mol. The fourth-order valence-electron chi connectivity index (χ4n) is 2.01. The molecule has 2 aromatic carbocycles. The van der Waals surface area contributed by atoms with Crippen LogP contribution in [0.2, 0.25) is 0 Å². The molecule has 0 bridgehead atoms. The van der Waals surface area contributed by atoms with E-state index in [-0.39, 0.29) is 0 Å². The van der Waals surface area contributed by atoms with Crippen molar-refractivity contribution in [2.45, 2.75) is 6.92 Å². The summed E-state index contributed by atoms with van der Waals surface area (Å²) in [6.45, 7) is 9.95. The molecule has 0 fully saturated rings. The largest absolute Gasteiger partial charge is 0.0984 e. The second kappa shape index (κ2) is 4.84. The summed E-state index contributed by atoms with van der Waals surface area (Å²) in [6, 6.07) is 16.6. The van der Waals surface area contributed by atoms with E-state index in [1.807, 2.05) is 25.1 Å². The fourth-order valence-corrected chi connectivity index (χ4v) is 2.01. The second-order valence-electron chi connectivity index (χ2n) is 4.12. The molecule has 2 aromatic rings. The molecule has 0 N–H and O–H groups in total. The number of hydrogen-bond acceptors (Lipinski definition) is 0. The van der Waals surface area contributed by atoms with Crippen molar-refractivity contribution < 1.29 is 0 Å². The van der Waals surface area contributed by atoms with Gasteiger partial charge in [0.15, 0.2) is 0 Å². The van der Waals surface area contributed by atoms with E-state index in [4.69, 9.17) is 0 Å². The SMILES string of the molecule is C=Cc1ccccc1-c1ccccc1C(=C)C. The van der Waals surface area contributed by atoms with Gasteiger partial charge in [-0.3, -0.25) is 0 Å². The third-order valence-electron chi connectivity index (χ3n) is 2.86. The summed E-state index contributed by atoms with van der Waals surface area (Å²) in [5, 5.41) is 0. The Morgan fingerprint density at radius 1 is 0.941 bits per heavy atom. The second-order valence-corrected chi connectivity index (χ2v) is 4.12. The zero-order valence-electron chi connectivity index (χ0n) is 10.1. The van der Waals surface area contributed by atoms with Gasteiger partial charge in [0.05, 0.1) is 0 Å². The molecular formula is C17H16. The number of hydrogen-bond donors (Lipinski definition) is 0. The Bertz CT molecular complexity index is 562. The van der Waals surface area contributed by atoms with E-state index in [0.717, 1.165) is 11.1 Å². The highest BCUT2D eigenvalue weighted by Gasteiger charge is 2.07. The van der Waals surface area contributed by atoms with E-state index >= 15 is 0 Å². The lowest BCUT2D eigenvalue weighted by atomic mass is 9.93. The highest BCUT2D eigenvalue weighted by molar-refractivity contribution is 5.84. The molecule has 0 saturated carbocycles. The summed E-state index contributed by atoms with van der Waals surface area (Å²) in [6.07, 6.45) is 1.89. The third kappa shape index (κ3) is 2.21. The Hall–Kier alpha value is -2.08. The van der Waals surface area contributed by atoms with Gasteiger partial charge < -0.3 is 0 Å². The Morgan fingerprint density at radius 3 is 2.18 bits per heavy atom. The maximum atomic E-state index is 4.04. The summed E-state index contributed by atoms with van der Waals surface area (Å²) in [5.41, 5.74) is 5.86. The van der Waals surface area contributed by atoms with Gasteiger partial charge in [-0.05, 0) is 29.2 Å². The maximum Gasteiger partial charge on any atom is -0.0103 e. The summed E-state index contributed by atoms with van der Waals surface area (Å²) in [5.74, 6) is 0. The predicted octanol–water partition coefficient (Wildman–Crippen LogP) is 5.03. The van der Waals surface area contributed by atoms with Crippen molar-refractivity contribution in [1.82, 2.24) is 0 Å². The molecular weight excluding hydrogens is 204 g/mol. The molecule has 0 radical (unpaired) electrons. The van der Waals surface area contributed by atoms with Crippen LogP contribution in [-0.2, 0) is 0 Å². The van der Waals surface area contributed by atoms with Crippen LogP contribution in [0.5, 0.6) is 0 Å². The van der Waals surface area contributed by atoms with Crippen LogP contribution in [0.1, 0.15) is 18.1 Å². The Labute approximate surface area is 103 Å². The van der Waals surface area contributed by atoms with Gasteiger partial charge in [0.2, 0.25) is 0 Å². The van der Waals surface area contributed by atoms with E-state index in [2.05, 4.69) is 49.6 Å². The number of benzene rings is 2. The van der Waals surface area contributed by atoms with Crippen molar-refractivity contribution in [1.29, 1.82) is 0 Å². The van der Waals surface area contributed by atoms with E-state index in [9.17, 15) is 0 Å². The summed E-state index contributed by atoms with van der Waals surface area (Å²) >= 11 is 0. The topological polar surface area (TPSA) is 0 Å². The molecule has 0 unspecified atom stereocenters. The van der Waals surface area contributed by atoms with Crippen LogP contribution in [0.3, 0.4) is 0 Å². The van der Waals surface area contributed by atoms with Crippen LogP contribution < -0.4 is 0 Å². The van der Waals surface area contributed by atoms with Crippen molar-refractivity contribution in [2.24, 2.45) is 0 Å². The summed E-state index contributed by atoms with van der Waals surface area (Å²) < 4.78 is 0. The van der Waals surface area contributed by atoms with Crippen LogP contribution >= 0.6 is 0 Å². The smallest absolute Gasteiger partial charge is 0.0103 e. The Balaban J connectivity index is 2.68. The summed E-state index contributed by atoms with van der Waals surface area (Å²) in [7, 11) is 0. The first-order valence-corrected chi connectivity index (χ1v) is 5.71. The van der Waals surface area contributed by atoms with Crippen LogP contribution in [-0.4, -0.2) is 0 Å². The van der Waals surface area contributed by atoms with Crippen molar-refractivity contribution in [3.8, 4) is 11.1 Å². The molecule has 17 heavy (non-hydrogen) atoms. The molecule has 0 amide bonds. The molecule has 0 nitrogen and oxygen atoms in total. The lowest BCUT2D eigenvalue weighted by molar-refractivity contribution is 1.53. The van der Waals surface area contributed by atoms with Crippen LogP contribution in [0, 0.1) is 0 Å². The highest BCUT2D eigenvalue weighted by Crippen LogP contribution is 2.30. The minimum Gasteiger partial charge on any atom is -0.0984 e. The molecule has 0 heteroatoms. The number of rotatable bonds is 3. The molecule has 0 heterocycles. The van der Waals surface area contributed by atoms with Crippen molar-refractivity contribution in [2.75, 3.05) is 0 Å². The van der Waals surface area contributed by atoms with Crippen LogP contribution in [0.4, 0.5) is 0 Å². The molecule has 84 valence electrons. The first kappa shape index (κ1) is 11.4. The van der Waals surface area contributed by atoms with Gasteiger partial charge in [0, 0.05) is 0 Å². The number of allylic oxidation sites excluding steroid dienone is 1. The molecule has 0 spiro atoms. The van der Waals surface area contributed by atoms with Crippen molar-refractivity contribution in [3.05, 3.63) is 72.8 Å². The minimum atomic E-state index is 1.08. The molecule has 0 atom stereocenters.